The zero-order valence-electron chi connectivity index (χ0n) is 14.6. The van der Waals surface area contributed by atoms with Crippen LogP contribution in [0.4, 0.5) is 5.69 Å². The van der Waals surface area contributed by atoms with E-state index in [-0.39, 0.29) is 5.91 Å². The Morgan fingerprint density at radius 3 is 2.35 bits per heavy atom. The summed E-state index contributed by atoms with van der Waals surface area (Å²) in [5.74, 6) is 0.334. The van der Waals surface area contributed by atoms with Crippen LogP contribution in [0.5, 0.6) is 0 Å². The number of benzene rings is 2. The minimum absolute atomic E-state index is 0.337. The number of thioether (sulfide) groups is 1. The largest absolute Gasteiger partial charge is 0.353 e. The average Bonchev–Trinajstić information content (AvgIpc) is 2.60. The van der Waals surface area contributed by atoms with Crippen molar-refractivity contribution in [1.29, 1.82) is 0 Å². The monoisotopic (exact) mass is 412 g/mol. The van der Waals surface area contributed by atoms with Crippen LogP contribution in [0.25, 0.3) is 0 Å². The molecule has 1 atom stereocenters. The molecule has 0 radical (unpaired) electrons. The molecule has 0 aliphatic rings. The third-order valence-electron chi connectivity index (χ3n) is 3.58. The Morgan fingerprint density at radius 1 is 1.15 bits per heavy atom. The highest BCUT2D eigenvalue weighted by atomic mass is 35.5. The molecule has 0 heterocycles. The lowest BCUT2D eigenvalue weighted by atomic mass is 10.2. The third-order valence-corrected chi connectivity index (χ3v) is 6.09. The van der Waals surface area contributed by atoms with Gasteiger partial charge in [-0.3, -0.25) is 9.10 Å². The van der Waals surface area contributed by atoms with Gasteiger partial charge in [0.25, 0.3) is 0 Å². The maximum atomic E-state index is 12.4. The topological polar surface area (TPSA) is 66.5 Å². The van der Waals surface area contributed by atoms with E-state index in [1.807, 2.05) is 24.3 Å². The lowest BCUT2D eigenvalue weighted by molar-refractivity contribution is -0.121. The van der Waals surface area contributed by atoms with Crippen LogP contribution < -0.4 is 9.62 Å². The van der Waals surface area contributed by atoms with E-state index in [9.17, 15) is 13.2 Å². The lowest BCUT2D eigenvalue weighted by Crippen LogP contribution is -2.48. The molecule has 0 fully saturated rings. The van der Waals surface area contributed by atoms with Gasteiger partial charge in [0.15, 0.2) is 0 Å². The van der Waals surface area contributed by atoms with E-state index >= 15 is 0 Å². The molecular weight excluding hydrogens is 392 g/mol. The predicted molar refractivity (Wildman–Crippen MR) is 108 cm³/mol. The number of amides is 1. The van der Waals surface area contributed by atoms with Gasteiger partial charge in [-0.15, -0.1) is 11.8 Å². The van der Waals surface area contributed by atoms with Gasteiger partial charge in [-0.25, -0.2) is 8.42 Å². The van der Waals surface area contributed by atoms with Gasteiger partial charge < -0.3 is 5.32 Å². The zero-order chi connectivity index (χ0) is 19.2. The highest BCUT2D eigenvalue weighted by Gasteiger charge is 2.28. The molecule has 140 valence electrons. The van der Waals surface area contributed by atoms with Crippen molar-refractivity contribution in [2.45, 2.75) is 17.9 Å². The predicted octanol–water partition coefficient (Wildman–Crippen LogP) is 3.40. The number of anilines is 1. The van der Waals surface area contributed by atoms with Gasteiger partial charge in [-0.1, -0.05) is 29.8 Å². The highest BCUT2D eigenvalue weighted by Crippen LogP contribution is 2.21. The summed E-state index contributed by atoms with van der Waals surface area (Å²) in [6.07, 6.45) is 1.10. The van der Waals surface area contributed by atoms with Crippen LogP contribution in [0.2, 0.25) is 5.02 Å². The minimum atomic E-state index is -3.59. The van der Waals surface area contributed by atoms with Crippen LogP contribution in [-0.4, -0.2) is 38.9 Å². The van der Waals surface area contributed by atoms with Crippen molar-refractivity contribution in [1.82, 2.24) is 5.32 Å². The second-order valence-electron chi connectivity index (χ2n) is 5.66. The molecule has 0 bridgehead atoms. The molecule has 0 aliphatic heterocycles. The van der Waals surface area contributed by atoms with Crippen molar-refractivity contribution in [3.05, 3.63) is 59.6 Å². The van der Waals surface area contributed by atoms with Gasteiger partial charge in [-0.2, -0.15) is 0 Å². The van der Waals surface area contributed by atoms with Crippen LogP contribution >= 0.6 is 23.4 Å². The van der Waals surface area contributed by atoms with E-state index < -0.39 is 16.1 Å². The Labute approximate surface area is 163 Å². The first kappa shape index (κ1) is 20.6. The van der Waals surface area contributed by atoms with E-state index in [1.54, 1.807) is 49.0 Å². The van der Waals surface area contributed by atoms with Gasteiger partial charge in [0.2, 0.25) is 15.9 Å². The number of carbonyl (C=O) groups is 1. The Balaban J connectivity index is 1.93. The summed E-state index contributed by atoms with van der Waals surface area (Å²) < 4.78 is 25.4. The number of hydrogen-bond donors (Lipinski definition) is 1. The van der Waals surface area contributed by atoms with Crippen LogP contribution in [0.15, 0.2) is 59.5 Å². The quantitative estimate of drug-likeness (QED) is 0.533. The maximum absolute atomic E-state index is 12.4. The number of halogens is 1. The second-order valence-corrected chi connectivity index (χ2v) is 9.13. The van der Waals surface area contributed by atoms with Gasteiger partial charge in [0.05, 0.1) is 11.9 Å². The summed E-state index contributed by atoms with van der Waals surface area (Å²) in [7, 11) is -3.59. The highest BCUT2D eigenvalue weighted by molar-refractivity contribution is 7.99. The first-order valence-electron chi connectivity index (χ1n) is 7.99. The summed E-state index contributed by atoms with van der Waals surface area (Å²) in [4.78, 5) is 13.5. The molecule has 1 amide bonds. The van der Waals surface area contributed by atoms with E-state index in [0.29, 0.717) is 23.0 Å². The Hall–Kier alpha value is -1.70. The van der Waals surface area contributed by atoms with Gasteiger partial charge >= 0.3 is 0 Å². The number of nitrogens with one attached hydrogen (secondary N) is 1. The van der Waals surface area contributed by atoms with Gasteiger partial charge in [0, 0.05) is 22.2 Å². The number of carbonyl (C=O) groups excluding carboxylic acids is 1. The number of para-hydroxylation sites is 1. The van der Waals surface area contributed by atoms with E-state index in [2.05, 4.69) is 5.32 Å². The average molecular weight is 413 g/mol. The van der Waals surface area contributed by atoms with Crippen LogP contribution in [-0.2, 0) is 14.8 Å². The molecular formula is C18H21ClN2O3S2. The molecule has 1 unspecified atom stereocenters. The molecule has 1 N–H and O–H groups in total. The van der Waals surface area contributed by atoms with Crippen molar-refractivity contribution < 1.29 is 13.2 Å². The fourth-order valence-corrected chi connectivity index (χ4v) is 4.47. The second kappa shape index (κ2) is 9.30. The Kier molecular flexibility index (Phi) is 7.37. The summed E-state index contributed by atoms with van der Waals surface area (Å²) in [5.41, 5.74) is 0.466. The molecule has 2 aromatic rings. The third kappa shape index (κ3) is 5.93. The fraction of sp³-hybridized carbons (Fsp3) is 0.278. The SMILES string of the molecule is CC(C(=O)NCCSc1ccc(Cl)cc1)N(c1ccccc1)S(C)(=O)=O. The van der Waals surface area contributed by atoms with Gasteiger partial charge in [-0.05, 0) is 43.3 Å². The molecule has 5 nitrogen and oxygen atoms in total. The fourth-order valence-electron chi connectivity index (χ4n) is 2.41. The van der Waals surface area contributed by atoms with Gasteiger partial charge in [0.1, 0.15) is 6.04 Å². The number of hydrogen-bond acceptors (Lipinski definition) is 4. The minimum Gasteiger partial charge on any atom is -0.353 e. The summed E-state index contributed by atoms with van der Waals surface area (Å²) in [5, 5.41) is 3.47. The molecule has 26 heavy (non-hydrogen) atoms. The Morgan fingerprint density at radius 2 is 1.77 bits per heavy atom. The van der Waals surface area contributed by atoms with E-state index in [1.165, 1.54) is 0 Å². The molecule has 0 aromatic heterocycles. The first-order chi connectivity index (χ1) is 12.3. The van der Waals surface area contributed by atoms with Crippen LogP contribution in [0, 0.1) is 0 Å². The zero-order valence-corrected chi connectivity index (χ0v) is 16.9. The van der Waals surface area contributed by atoms with Crippen LogP contribution in [0.3, 0.4) is 0 Å². The number of nitrogens with zero attached hydrogens (tertiary/aromatic N) is 1. The first-order valence-corrected chi connectivity index (χ1v) is 11.2. The molecule has 2 rings (SSSR count). The summed E-state index contributed by atoms with van der Waals surface area (Å²) in [6, 6.07) is 15.2. The standard InChI is InChI=1S/C18H21ClN2O3S2/c1-14(21(26(2,23)24)16-6-4-3-5-7-16)18(22)20-12-13-25-17-10-8-15(19)9-11-17/h3-11,14H,12-13H2,1-2H3,(H,20,22). The summed E-state index contributed by atoms with van der Waals surface area (Å²) >= 11 is 7.43. The summed E-state index contributed by atoms with van der Waals surface area (Å²) in [6.45, 7) is 2.01. The normalized spacial score (nSPS) is 12.4. The number of sulfonamides is 1. The molecule has 8 heteroatoms. The molecule has 0 saturated carbocycles. The van der Waals surface area contributed by atoms with Crippen LogP contribution in [0.1, 0.15) is 6.92 Å². The molecule has 0 aliphatic carbocycles. The number of rotatable bonds is 8. The van der Waals surface area contributed by atoms with Crippen molar-refractivity contribution >= 4 is 45.0 Å². The van der Waals surface area contributed by atoms with Crippen molar-refractivity contribution in [3.8, 4) is 0 Å². The molecule has 2 aromatic carbocycles. The Bertz CT molecular complexity index is 827. The maximum Gasteiger partial charge on any atom is 0.243 e. The molecule has 0 spiro atoms. The van der Waals surface area contributed by atoms with Crippen molar-refractivity contribution in [2.75, 3.05) is 22.9 Å². The van der Waals surface area contributed by atoms with E-state index in [0.717, 1.165) is 15.5 Å². The van der Waals surface area contributed by atoms with Crippen molar-refractivity contribution in [3.63, 3.8) is 0 Å². The van der Waals surface area contributed by atoms with Crippen molar-refractivity contribution in [2.24, 2.45) is 0 Å². The lowest BCUT2D eigenvalue weighted by Gasteiger charge is -2.28. The molecule has 0 saturated heterocycles. The smallest absolute Gasteiger partial charge is 0.243 e. The van der Waals surface area contributed by atoms with E-state index in [4.69, 9.17) is 11.6 Å².